The number of fused-ring (bicyclic) bond motifs is 3. The topological polar surface area (TPSA) is 123 Å². The summed E-state index contributed by atoms with van der Waals surface area (Å²) < 4.78 is 19.4. The number of β-amino-alcohol motifs (C(OH)–C–C–N with tert-alkyl or cyclic N) is 1. The molecule has 0 unspecified atom stereocenters. The van der Waals surface area contributed by atoms with Crippen LogP contribution in [-0.2, 0) is 16.1 Å². The Morgan fingerprint density at radius 2 is 2.13 bits per heavy atom. The van der Waals surface area contributed by atoms with Gasteiger partial charge in [0.25, 0.3) is 5.91 Å². The van der Waals surface area contributed by atoms with Crippen LogP contribution in [0.4, 0.5) is 5.82 Å². The van der Waals surface area contributed by atoms with Crippen LogP contribution in [0.15, 0.2) is 46.0 Å². The Labute approximate surface area is 222 Å². The molecule has 1 fully saturated rings. The third-order valence-electron chi connectivity index (χ3n) is 6.38. The first-order chi connectivity index (χ1) is 18.3. The summed E-state index contributed by atoms with van der Waals surface area (Å²) in [6.07, 6.45) is 4.30. The van der Waals surface area contributed by atoms with Crippen molar-refractivity contribution >= 4 is 29.3 Å². The van der Waals surface area contributed by atoms with E-state index in [1.807, 2.05) is 30.5 Å². The standard InChI is InChI=1S/C27H36N6O5/c1-17(7-6-10-28-4)26(35)31-27-30-23-21(25-29-11-12-33(25)27)8-9-22(24(23)36-5)37-16-20(34)15-32-13-18(2)38-19(3)14-32/h6-10,18-20,29,34H,4,11-16H2,1-3,5H3/b10-6-,17-7+,31-27?/t18-,19+,20-/m1/s1. The van der Waals surface area contributed by atoms with E-state index in [0.717, 1.165) is 24.3 Å². The van der Waals surface area contributed by atoms with Crippen molar-refractivity contribution in [1.82, 2.24) is 14.5 Å². The zero-order valence-corrected chi connectivity index (χ0v) is 22.4. The van der Waals surface area contributed by atoms with Gasteiger partial charge in [0.15, 0.2) is 11.5 Å². The molecule has 0 spiro atoms. The van der Waals surface area contributed by atoms with E-state index < -0.39 is 12.0 Å². The molecule has 204 valence electrons. The van der Waals surface area contributed by atoms with Gasteiger partial charge in [0.2, 0.25) is 5.62 Å². The SMILES string of the molecule is C=N/C=C\C=C(/C)C(=O)N=c1nc2c(OC)c(OC[C@H](O)CN3C[C@@H](C)O[C@@H](C)C3)ccc2c2n1CCN2. The molecule has 0 aliphatic carbocycles. The number of methoxy groups -OCH3 is 1. The predicted octanol–water partition coefficient (Wildman–Crippen LogP) is 1.91. The van der Waals surface area contributed by atoms with Crippen LogP contribution in [0.3, 0.4) is 0 Å². The monoisotopic (exact) mass is 524 g/mol. The summed E-state index contributed by atoms with van der Waals surface area (Å²) in [7, 11) is 1.54. The highest BCUT2D eigenvalue weighted by Crippen LogP contribution is 2.37. The quantitative estimate of drug-likeness (QED) is 0.290. The molecule has 0 saturated carbocycles. The smallest absolute Gasteiger partial charge is 0.275 e. The highest BCUT2D eigenvalue weighted by atomic mass is 16.5. The number of aliphatic imine (C=N–C) groups is 1. The number of anilines is 1. The summed E-state index contributed by atoms with van der Waals surface area (Å²) in [5, 5.41) is 14.8. The van der Waals surface area contributed by atoms with Gasteiger partial charge in [-0.1, -0.05) is 6.08 Å². The summed E-state index contributed by atoms with van der Waals surface area (Å²) in [6.45, 7) is 12.5. The molecule has 1 aromatic carbocycles. The van der Waals surface area contributed by atoms with Gasteiger partial charge in [-0.25, -0.2) is 4.98 Å². The molecule has 4 rings (SSSR count). The number of carbonyl (C=O) groups excluding carboxylic acids is 1. The number of benzene rings is 1. The van der Waals surface area contributed by atoms with Gasteiger partial charge in [-0.15, -0.1) is 0 Å². The number of morpholine rings is 1. The molecular weight excluding hydrogens is 488 g/mol. The van der Waals surface area contributed by atoms with E-state index in [1.54, 1.807) is 26.2 Å². The molecule has 2 aliphatic heterocycles. The number of hydrogen-bond donors (Lipinski definition) is 2. The Bertz CT molecular complexity index is 1310. The lowest BCUT2D eigenvalue weighted by Crippen LogP contribution is -2.48. The minimum atomic E-state index is -0.693. The predicted molar refractivity (Wildman–Crippen MR) is 146 cm³/mol. The van der Waals surface area contributed by atoms with Crippen molar-refractivity contribution in [3.63, 3.8) is 0 Å². The summed E-state index contributed by atoms with van der Waals surface area (Å²) in [4.78, 5) is 27.6. The molecule has 0 bridgehead atoms. The van der Waals surface area contributed by atoms with E-state index in [4.69, 9.17) is 19.2 Å². The molecule has 3 atom stereocenters. The second-order valence-corrected chi connectivity index (χ2v) is 9.56. The second-order valence-electron chi connectivity index (χ2n) is 9.56. The lowest BCUT2D eigenvalue weighted by atomic mass is 10.2. The summed E-state index contributed by atoms with van der Waals surface area (Å²) in [5.74, 6) is 1.26. The largest absolute Gasteiger partial charge is 0.491 e. The Morgan fingerprint density at radius 1 is 1.37 bits per heavy atom. The highest BCUT2D eigenvalue weighted by molar-refractivity contribution is 5.96. The van der Waals surface area contributed by atoms with E-state index in [2.05, 4.69) is 26.9 Å². The van der Waals surface area contributed by atoms with Gasteiger partial charge < -0.3 is 24.6 Å². The maximum absolute atomic E-state index is 12.8. The van der Waals surface area contributed by atoms with Crippen LogP contribution in [0.25, 0.3) is 10.9 Å². The molecule has 11 nitrogen and oxygen atoms in total. The first kappa shape index (κ1) is 27.5. The van der Waals surface area contributed by atoms with Crippen LogP contribution < -0.4 is 20.4 Å². The van der Waals surface area contributed by atoms with Crippen LogP contribution >= 0.6 is 0 Å². The summed E-state index contributed by atoms with van der Waals surface area (Å²) >= 11 is 0. The van der Waals surface area contributed by atoms with Gasteiger partial charge in [0.1, 0.15) is 24.0 Å². The number of allylic oxidation sites excluding steroid dienone is 2. The minimum Gasteiger partial charge on any atom is -0.491 e. The normalized spacial score (nSPS) is 21.4. The number of hydrogen-bond acceptors (Lipinski definition) is 9. The van der Waals surface area contributed by atoms with Crippen LogP contribution in [0.5, 0.6) is 11.5 Å². The highest BCUT2D eigenvalue weighted by Gasteiger charge is 2.25. The molecule has 2 aromatic rings. The summed E-state index contributed by atoms with van der Waals surface area (Å²) in [6, 6.07) is 3.70. The number of rotatable bonds is 9. The number of amides is 1. The lowest BCUT2D eigenvalue weighted by molar-refractivity contribution is -0.114. The zero-order valence-electron chi connectivity index (χ0n) is 22.4. The lowest BCUT2D eigenvalue weighted by Gasteiger charge is -2.36. The number of carbonyl (C=O) groups is 1. The van der Waals surface area contributed by atoms with Gasteiger partial charge in [0, 0.05) is 49.9 Å². The molecule has 2 N–H and O–H groups in total. The molecule has 2 aliphatic rings. The van der Waals surface area contributed by atoms with Crippen molar-refractivity contribution in [2.45, 2.75) is 45.6 Å². The van der Waals surface area contributed by atoms with Gasteiger partial charge in [0.05, 0.1) is 19.3 Å². The van der Waals surface area contributed by atoms with Crippen molar-refractivity contribution in [2.24, 2.45) is 9.98 Å². The van der Waals surface area contributed by atoms with Crippen LogP contribution in [0.2, 0.25) is 0 Å². The second kappa shape index (κ2) is 12.3. The van der Waals surface area contributed by atoms with Crippen LogP contribution in [0.1, 0.15) is 20.8 Å². The van der Waals surface area contributed by atoms with Crippen molar-refractivity contribution in [2.75, 3.05) is 45.2 Å². The number of ether oxygens (including phenoxy) is 3. The van der Waals surface area contributed by atoms with Crippen LogP contribution in [-0.4, -0.2) is 90.4 Å². The fraction of sp³-hybridized carbons (Fsp3) is 0.481. The number of aliphatic hydroxyl groups is 1. The molecule has 0 radical (unpaired) electrons. The fourth-order valence-corrected chi connectivity index (χ4v) is 4.81. The molecule has 11 heteroatoms. The first-order valence-corrected chi connectivity index (χ1v) is 12.7. The Kier molecular flexibility index (Phi) is 8.93. The van der Waals surface area contributed by atoms with E-state index in [1.165, 1.54) is 6.20 Å². The number of nitrogens with zero attached hydrogens (tertiary/aromatic N) is 5. The van der Waals surface area contributed by atoms with Gasteiger partial charge >= 0.3 is 0 Å². The molecule has 1 amide bonds. The molecular formula is C27H36N6O5. The third-order valence-corrected chi connectivity index (χ3v) is 6.38. The average molecular weight is 525 g/mol. The van der Waals surface area contributed by atoms with Gasteiger partial charge in [-0.3, -0.25) is 19.3 Å². The minimum absolute atomic E-state index is 0.0900. The molecule has 38 heavy (non-hydrogen) atoms. The fourth-order valence-electron chi connectivity index (χ4n) is 4.81. The number of aliphatic hydroxyl groups excluding tert-OH is 1. The number of aromatic nitrogens is 2. The van der Waals surface area contributed by atoms with Crippen molar-refractivity contribution in [1.29, 1.82) is 0 Å². The molecule has 1 saturated heterocycles. The Hall–Kier alpha value is -3.54. The molecule has 1 aromatic heterocycles. The maximum atomic E-state index is 12.8. The first-order valence-electron chi connectivity index (χ1n) is 12.7. The Balaban J connectivity index is 1.61. The third kappa shape index (κ3) is 6.29. The van der Waals surface area contributed by atoms with Crippen molar-refractivity contribution in [3.8, 4) is 11.5 Å². The van der Waals surface area contributed by atoms with Gasteiger partial charge in [-0.05, 0) is 45.7 Å². The van der Waals surface area contributed by atoms with E-state index in [9.17, 15) is 9.90 Å². The van der Waals surface area contributed by atoms with Crippen molar-refractivity contribution < 1.29 is 24.1 Å². The van der Waals surface area contributed by atoms with E-state index in [0.29, 0.717) is 42.2 Å². The summed E-state index contributed by atoms with van der Waals surface area (Å²) in [5.41, 5.74) is 1.22. The van der Waals surface area contributed by atoms with E-state index in [-0.39, 0.29) is 24.4 Å². The van der Waals surface area contributed by atoms with Crippen LogP contribution in [0, 0.1) is 0 Å². The van der Waals surface area contributed by atoms with Crippen molar-refractivity contribution in [3.05, 3.63) is 41.7 Å². The zero-order chi connectivity index (χ0) is 27.2. The molecule has 3 heterocycles. The average Bonchev–Trinajstić information content (AvgIpc) is 3.37. The Morgan fingerprint density at radius 3 is 2.84 bits per heavy atom. The van der Waals surface area contributed by atoms with Gasteiger partial charge in [-0.2, -0.15) is 4.99 Å². The number of nitrogens with one attached hydrogen (secondary N) is 1. The van der Waals surface area contributed by atoms with E-state index >= 15 is 0 Å². The maximum Gasteiger partial charge on any atom is 0.275 e.